The molecule has 2 aromatic rings. The number of hydrogen-bond donors (Lipinski definition) is 1. The number of nitrogens with two attached hydrogens (primary N) is 1. The van der Waals surface area contributed by atoms with E-state index in [-0.39, 0.29) is 11.9 Å². The molecule has 2 N–H and O–H groups in total. The van der Waals surface area contributed by atoms with E-state index in [9.17, 15) is 4.39 Å². The van der Waals surface area contributed by atoms with Crippen LogP contribution in [0.25, 0.3) is 0 Å². The summed E-state index contributed by atoms with van der Waals surface area (Å²) in [6.45, 7) is 6.37. The SMILES string of the molecule is CCC(C)n1ccc(COc2cc(F)ccc2C(C)N)n1. The van der Waals surface area contributed by atoms with E-state index in [1.807, 2.05) is 23.9 Å². The van der Waals surface area contributed by atoms with Crippen LogP contribution in [0.15, 0.2) is 30.5 Å². The summed E-state index contributed by atoms with van der Waals surface area (Å²) < 4.78 is 21.0. The average Bonchev–Trinajstić information content (AvgIpc) is 2.93. The summed E-state index contributed by atoms with van der Waals surface area (Å²) in [5, 5.41) is 4.46. The Bertz CT molecular complexity index is 595. The Morgan fingerprint density at radius 2 is 2.10 bits per heavy atom. The molecule has 0 radical (unpaired) electrons. The number of hydrogen-bond acceptors (Lipinski definition) is 3. The van der Waals surface area contributed by atoms with E-state index < -0.39 is 0 Å². The summed E-state index contributed by atoms with van der Waals surface area (Å²) in [6.07, 6.45) is 2.95. The van der Waals surface area contributed by atoms with Crippen LogP contribution in [-0.2, 0) is 6.61 Å². The van der Waals surface area contributed by atoms with Gasteiger partial charge in [-0.2, -0.15) is 5.10 Å². The van der Waals surface area contributed by atoms with Gasteiger partial charge in [-0.05, 0) is 32.4 Å². The lowest BCUT2D eigenvalue weighted by Crippen LogP contribution is -2.09. The molecule has 5 heteroatoms. The van der Waals surface area contributed by atoms with Crippen LogP contribution in [0, 0.1) is 5.82 Å². The first-order valence-corrected chi connectivity index (χ1v) is 7.23. The van der Waals surface area contributed by atoms with Gasteiger partial charge in [-0.1, -0.05) is 13.0 Å². The fourth-order valence-electron chi connectivity index (χ4n) is 2.05. The lowest BCUT2D eigenvalue weighted by Gasteiger charge is -2.13. The molecule has 0 saturated carbocycles. The molecule has 0 aliphatic heterocycles. The summed E-state index contributed by atoms with van der Waals surface area (Å²) in [7, 11) is 0. The number of aromatic nitrogens is 2. The Hall–Kier alpha value is -1.88. The zero-order chi connectivity index (χ0) is 15.4. The number of ether oxygens (including phenoxy) is 1. The van der Waals surface area contributed by atoms with Gasteiger partial charge in [0.15, 0.2) is 0 Å². The molecule has 4 nitrogen and oxygen atoms in total. The van der Waals surface area contributed by atoms with Crippen molar-refractivity contribution in [1.29, 1.82) is 0 Å². The van der Waals surface area contributed by atoms with Crippen molar-refractivity contribution in [1.82, 2.24) is 9.78 Å². The molecule has 0 spiro atoms. The minimum absolute atomic E-state index is 0.210. The highest BCUT2D eigenvalue weighted by Crippen LogP contribution is 2.25. The molecule has 2 unspecified atom stereocenters. The van der Waals surface area contributed by atoms with Gasteiger partial charge in [-0.15, -0.1) is 0 Å². The van der Waals surface area contributed by atoms with Crippen LogP contribution in [0.2, 0.25) is 0 Å². The predicted octanol–water partition coefficient (Wildman–Crippen LogP) is 3.59. The van der Waals surface area contributed by atoms with E-state index in [1.165, 1.54) is 12.1 Å². The molecule has 0 aliphatic rings. The third-order valence-corrected chi connectivity index (χ3v) is 3.55. The van der Waals surface area contributed by atoms with E-state index in [0.717, 1.165) is 17.7 Å². The maximum absolute atomic E-state index is 13.4. The molecule has 21 heavy (non-hydrogen) atoms. The smallest absolute Gasteiger partial charge is 0.132 e. The summed E-state index contributed by atoms with van der Waals surface area (Å²) in [5.74, 6) is 0.141. The molecule has 2 rings (SSSR count). The second-order valence-corrected chi connectivity index (χ2v) is 5.30. The fourth-order valence-corrected chi connectivity index (χ4v) is 2.05. The molecule has 0 fully saturated rings. The van der Waals surface area contributed by atoms with Crippen LogP contribution in [0.3, 0.4) is 0 Å². The molecule has 114 valence electrons. The lowest BCUT2D eigenvalue weighted by atomic mass is 10.1. The molecule has 0 bridgehead atoms. The summed E-state index contributed by atoms with van der Waals surface area (Å²) in [4.78, 5) is 0. The molecule has 1 heterocycles. The van der Waals surface area contributed by atoms with Crippen LogP contribution in [0.4, 0.5) is 4.39 Å². The van der Waals surface area contributed by atoms with E-state index >= 15 is 0 Å². The minimum atomic E-state index is -0.334. The normalized spacial score (nSPS) is 14.0. The molecule has 0 aliphatic carbocycles. The molecular weight excluding hydrogens is 269 g/mol. The number of rotatable bonds is 6. The standard InChI is InChI=1S/C16H22FN3O/c1-4-11(2)20-8-7-14(19-20)10-21-16-9-13(17)5-6-15(16)12(3)18/h5-9,11-12H,4,10,18H2,1-3H3. The van der Waals surface area contributed by atoms with Crippen LogP contribution < -0.4 is 10.5 Å². The summed E-state index contributed by atoms with van der Waals surface area (Å²) in [6, 6.07) is 6.48. The van der Waals surface area contributed by atoms with Crippen molar-refractivity contribution >= 4 is 0 Å². The van der Waals surface area contributed by atoms with Crippen molar-refractivity contribution in [2.75, 3.05) is 0 Å². The van der Waals surface area contributed by atoms with Crippen LogP contribution in [-0.4, -0.2) is 9.78 Å². The summed E-state index contributed by atoms with van der Waals surface area (Å²) in [5.41, 5.74) is 7.48. The van der Waals surface area contributed by atoms with Crippen molar-refractivity contribution in [3.05, 3.63) is 47.5 Å². The van der Waals surface area contributed by atoms with Crippen LogP contribution in [0.5, 0.6) is 5.75 Å². The van der Waals surface area contributed by atoms with Crippen molar-refractivity contribution in [3.8, 4) is 5.75 Å². The zero-order valence-corrected chi connectivity index (χ0v) is 12.7. The molecule has 1 aromatic heterocycles. The third-order valence-electron chi connectivity index (χ3n) is 3.55. The van der Waals surface area contributed by atoms with Gasteiger partial charge in [0.25, 0.3) is 0 Å². The molecular formula is C16H22FN3O. The highest BCUT2D eigenvalue weighted by atomic mass is 19.1. The second-order valence-electron chi connectivity index (χ2n) is 5.30. The predicted molar refractivity (Wildman–Crippen MR) is 80.6 cm³/mol. The zero-order valence-electron chi connectivity index (χ0n) is 12.7. The first-order chi connectivity index (χ1) is 10.0. The van der Waals surface area contributed by atoms with Gasteiger partial charge < -0.3 is 10.5 Å². The average molecular weight is 291 g/mol. The Morgan fingerprint density at radius 3 is 2.76 bits per heavy atom. The van der Waals surface area contributed by atoms with Gasteiger partial charge >= 0.3 is 0 Å². The van der Waals surface area contributed by atoms with Gasteiger partial charge in [-0.25, -0.2) is 4.39 Å². The van der Waals surface area contributed by atoms with Gasteiger partial charge in [0.05, 0.1) is 5.69 Å². The van der Waals surface area contributed by atoms with E-state index in [0.29, 0.717) is 18.4 Å². The largest absolute Gasteiger partial charge is 0.487 e. The van der Waals surface area contributed by atoms with Crippen molar-refractivity contribution in [3.63, 3.8) is 0 Å². The Labute approximate surface area is 124 Å². The first kappa shape index (κ1) is 15.5. The van der Waals surface area contributed by atoms with Crippen LogP contribution >= 0.6 is 0 Å². The van der Waals surface area contributed by atoms with Gasteiger partial charge in [0.1, 0.15) is 18.2 Å². The van der Waals surface area contributed by atoms with Gasteiger partial charge in [0.2, 0.25) is 0 Å². The van der Waals surface area contributed by atoms with Crippen molar-refractivity contribution in [2.24, 2.45) is 5.73 Å². The van der Waals surface area contributed by atoms with Gasteiger partial charge in [-0.3, -0.25) is 4.68 Å². The highest BCUT2D eigenvalue weighted by Gasteiger charge is 2.11. The monoisotopic (exact) mass is 291 g/mol. The Morgan fingerprint density at radius 1 is 1.33 bits per heavy atom. The Balaban J connectivity index is 2.09. The maximum Gasteiger partial charge on any atom is 0.132 e. The van der Waals surface area contributed by atoms with E-state index in [2.05, 4.69) is 18.9 Å². The minimum Gasteiger partial charge on any atom is -0.487 e. The van der Waals surface area contributed by atoms with E-state index in [1.54, 1.807) is 6.07 Å². The third kappa shape index (κ3) is 3.82. The number of nitrogens with zero attached hydrogens (tertiary/aromatic N) is 2. The fraction of sp³-hybridized carbons (Fsp3) is 0.438. The molecule has 0 saturated heterocycles. The Kier molecular flexibility index (Phi) is 4.96. The highest BCUT2D eigenvalue weighted by molar-refractivity contribution is 5.36. The summed E-state index contributed by atoms with van der Waals surface area (Å²) >= 11 is 0. The number of halogens is 1. The molecule has 1 aromatic carbocycles. The second kappa shape index (κ2) is 6.72. The number of benzene rings is 1. The van der Waals surface area contributed by atoms with Crippen molar-refractivity contribution in [2.45, 2.75) is 45.9 Å². The topological polar surface area (TPSA) is 53.1 Å². The quantitative estimate of drug-likeness (QED) is 0.885. The lowest BCUT2D eigenvalue weighted by molar-refractivity contribution is 0.292. The van der Waals surface area contributed by atoms with E-state index in [4.69, 9.17) is 10.5 Å². The molecule has 0 amide bonds. The van der Waals surface area contributed by atoms with Crippen molar-refractivity contribution < 1.29 is 9.13 Å². The van der Waals surface area contributed by atoms with Crippen LogP contribution in [0.1, 0.15) is 50.5 Å². The molecule has 2 atom stereocenters. The first-order valence-electron chi connectivity index (χ1n) is 7.23. The maximum atomic E-state index is 13.4. The van der Waals surface area contributed by atoms with Gasteiger partial charge in [0, 0.05) is 29.9 Å².